The molecule has 2 heterocycles. The second-order valence-corrected chi connectivity index (χ2v) is 4.72. The summed E-state index contributed by atoms with van der Waals surface area (Å²) < 4.78 is 44.9. The minimum absolute atomic E-state index is 0.0113. The lowest BCUT2D eigenvalue weighted by Gasteiger charge is -2.12. The maximum Gasteiger partial charge on any atom is 0.418 e. The van der Waals surface area contributed by atoms with Gasteiger partial charge < -0.3 is 4.42 Å². The van der Waals surface area contributed by atoms with Crippen molar-refractivity contribution in [2.45, 2.75) is 26.4 Å². The number of furan rings is 1. The monoisotopic (exact) mass is 309 g/mol. The predicted octanol–water partition coefficient (Wildman–Crippen LogP) is 4.49. The Bertz CT molecular complexity index is 689. The highest BCUT2D eigenvalue weighted by Crippen LogP contribution is 2.33. The lowest BCUT2D eigenvalue weighted by atomic mass is 10.0. The van der Waals surface area contributed by atoms with Crippen molar-refractivity contribution >= 4 is 17.1 Å². The summed E-state index contributed by atoms with van der Waals surface area (Å²) in [6.45, 7) is 2.92. The molecule has 0 radical (unpaired) electrons. The van der Waals surface area contributed by atoms with Crippen LogP contribution in [0.3, 0.4) is 0 Å². The standard InChI is InChI=1S/C16H14F3NO2/c1-3-11(12-6-7-22-9-12)8-13(16(17,18)19)15-5-4-14(20-15)10(2)21/h3-4,6-9H,5H2,1-2H3/b11-3+,13-8+. The molecule has 1 aromatic heterocycles. The smallest absolute Gasteiger partial charge is 0.418 e. The molecule has 0 bridgehead atoms. The fraction of sp³-hybridized carbons (Fsp3) is 0.250. The van der Waals surface area contributed by atoms with Crippen molar-refractivity contribution in [3.63, 3.8) is 0 Å². The number of aliphatic imine (C=N–C) groups is 1. The Kier molecular flexibility index (Phi) is 4.49. The Morgan fingerprint density at radius 1 is 1.41 bits per heavy atom. The highest BCUT2D eigenvalue weighted by molar-refractivity contribution is 6.10. The average molecular weight is 309 g/mol. The van der Waals surface area contributed by atoms with Gasteiger partial charge in [-0.2, -0.15) is 13.2 Å². The number of allylic oxidation sites excluding steroid dienone is 6. The number of rotatable bonds is 4. The molecule has 22 heavy (non-hydrogen) atoms. The van der Waals surface area contributed by atoms with E-state index in [2.05, 4.69) is 4.99 Å². The van der Waals surface area contributed by atoms with Gasteiger partial charge in [0.25, 0.3) is 0 Å². The Morgan fingerprint density at radius 2 is 2.14 bits per heavy atom. The van der Waals surface area contributed by atoms with Gasteiger partial charge in [0.15, 0.2) is 5.78 Å². The molecular formula is C16H14F3NO2. The van der Waals surface area contributed by atoms with Gasteiger partial charge in [0.1, 0.15) is 5.70 Å². The van der Waals surface area contributed by atoms with Gasteiger partial charge in [-0.1, -0.05) is 6.08 Å². The number of alkyl halides is 3. The van der Waals surface area contributed by atoms with Crippen molar-refractivity contribution in [3.8, 4) is 0 Å². The van der Waals surface area contributed by atoms with E-state index in [1.54, 1.807) is 19.1 Å². The summed E-state index contributed by atoms with van der Waals surface area (Å²) in [5, 5.41) is 0. The first-order valence-electron chi connectivity index (χ1n) is 6.59. The summed E-state index contributed by atoms with van der Waals surface area (Å²) in [4.78, 5) is 15.0. The first kappa shape index (κ1) is 16.0. The molecule has 1 aliphatic rings. The first-order valence-corrected chi connectivity index (χ1v) is 6.59. The minimum Gasteiger partial charge on any atom is -0.472 e. The van der Waals surface area contributed by atoms with Crippen LogP contribution >= 0.6 is 0 Å². The van der Waals surface area contributed by atoms with Crippen LogP contribution in [0, 0.1) is 0 Å². The molecule has 116 valence electrons. The van der Waals surface area contributed by atoms with E-state index in [0.717, 1.165) is 6.08 Å². The molecule has 0 N–H and O–H groups in total. The molecule has 2 rings (SSSR count). The molecule has 0 amide bonds. The number of Topliss-reactive ketones (excluding diaryl/α,β-unsaturated/α-hetero) is 1. The van der Waals surface area contributed by atoms with E-state index in [4.69, 9.17) is 4.42 Å². The number of halogens is 3. The third-order valence-corrected chi connectivity index (χ3v) is 3.19. The van der Waals surface area contributed by atoms with Crippen LogP contribution in [0.2, 0.25) is 0 Å². The van der Waals surface area contributed by atoms with E-state index in [-0.39, 0.29) is 23.6 Å². The zero-order valence-corrected chi connectivity index (χ0v) is 12.1. The summed E-state index contributed by atoms with van der Waals surface area (Å²) in [6, 6.07) is 1.58. The molecule has 0 atom stereocenters. The van der Waals surface area contributed by atoms with E-state index in [1.165, 1.54) is 25.5 Å². The lowest BCUT2D eigenvalue weighted by molar-refractivity contribution is -0.113. The van der Waals surface area contributed by atoms with Crippen molar-refractivity contribution < 1.29 is 22.4 Å². The molecule has 1 aromatic rings. The van der Waals surface area contributed by atoms with Gasteiger partial charge in [-0.05, 0) is 30.7 Å². The number of nitrogens with zero attached hydrogens (tertiary/aromatic N) is 1. The van der Waals surface area contributed by atoms with Gasteiger partial charge in [-0.3, -0.25) is 4.79 Å². The molecule has 0 aliphatic carbocycles. The number of ketones is 1. The molecule has 6 heteroatoms. The van der Waals surface area contributed by atoms with Gasteiger partial charge in [-0.25, -0.2) is 4.99 Å². The largest absolute Gasteiger partial charge is 0.472 e. The van der Waals surface area contributed by atoms with E-state index in [9.17, 15) is 18.0 Å². The zero-order chi connectivity index (χ0) is 16.3. The third-order valence-electron chi connectivity index (χ3n) is 3.19. The molecular weight excluding hydrogens is 295 g/mol. The van der Waals surface area contributed by atoms with Gasteiger partial charge in [-0.15, -0.1) is 0 Å². The number of hydrogen-bond acceptors (Lipinski definition) is 3. The Hall–Kier alpha value is -2.37. The van der Waals surface area contributed by atoms with Crippen molar-refractivity contribution in [3.05, 3.63) is 53.7 Å². The zero-order valence-electron chi connectivity index (χ0n) is 12.1. The summed E-state index contributed by atoms with van der Waals surface area (Å²) in [7, 11) is 0. The summed E-state index contributed by atoms with van der Waals surface area (Å²) in [6.07, 6.45) is 2.19. The van der Waals surface area contributed by atoms with Gasteiger partial charge in [0, 0.05) is 18.9 Å². The Morgan fingerprint density at radius 3 is 2.59 bits per heavy atom. The van der Waals surface area contributed by atoms with Crippen LogP contribution in [0.15, 0.2) is 57.5 Å². The third kappa shape index (κ3) is 3.44. The Balaban J connectivity index is 2.43. The van der Waals surface area contributed by atoms with Crippen LogP contribution in [0.5, 0.6) is 0 Å². The molecule has 0 spiro atoms. The van der Waals surface area contributed by atoms with Gasteiger partial charge >= 0.3 is 6.18 Å². The molecule has 0 saturated carbocycles. The van der Waals surface area contributed by atoms with Gasteiger partial charge in [0.05, 0.1) is 23.8 Å². The molecule has 3 nitrogen and oxygen atoms in total. The molecule has 0 fully saturated rings. The summed E-state index contributed by atoms with van der Waals surface area (Å²) in [5.41, 5.74) is -0.0204. The van der Waals surface area contributed by atoms with E-state index in [0.29, 0.717) is 11.1 Å². The number of carbonyl (C=O) groups is 1. The van der Waals surface area contributed by atoms with E-state index < -0.39 is 11.7 Å². The van der Waals surface area contributed by atoms with Crippen molar-refractivity contribution in [2.24, 2.45) is 4.99 Å². The second kappa shape index (κ2) is 6.17. The second-order valence-electron chi connectivity index (χ2n) is 4.72. The molecule has 0 unspecified atom stereocenters. The van der Waals surface area contributed by atoms with Crippen molar-refractivity contribution in [1.82, 2.24) is 0 Å². The van der Waals surface area contributed by atoms with Crippen LogP contribution in [0.1, 0.15) is 25.8 Å². The minimum atomic E-state index is -4.56. The predicted molar refractivity (Wildman–Crippen MR) is 77.3 cm³/mol. The maximum absolute atomic E-state index is 13.3. The van der Waals surface area contributed by atoms with Crippen molar-refractivity contribution in [1.29, 1.82) is 0 Å². The molecule has 0 aromatic carbocycles. The molecule has 1 aliphatic heterocycles. The van der Waals surface area contributed by atoms with Crippen LogP contribution < -0.4 is 0 Å². The fourth-order valence-corrected chi connectivity index (χ4v) is 2.07. The molecule has 0 saturated heterocycles. The van der Waals surface area contributed by atoms with Crippen LogP contribution in [0.4, 0.5) is 13.2 Å². The summed E-state index contributed by atoms with van der Waals surface area (Å²) in [5.74, 6) is -0.349. The van der Waals surface area contributed by atoms with E-state index >= 15 is 0 Å². The van der Waals surface area contributed by atoms with E-state index in [1.807, 2.05) is 0 Å². The van der Waals surface area contributed by atoms with Crippen LogP contribution in [-0.4, -0.2) is 17.7 Å². The maximum atomic E-state index is 13.3. The highest BCUT2D eigenvalue weighted by Gasteiger charge is 2.38. The van der Waals surface area contributed by atoms with Crippen LogP contribution in [-0.2, 0) is 4.79 Å². The van der Waals surface area contributed by atoms with Crippen molar-refractivity contribution in [2.75, 3.05) is 0 Å². The quantitative estimate of drug-likeness (QED) is 0.769. The number of carbonyl (C=O) groups excluding carboxylic acids is 1. The fourth-order valence-electron chi connectivity index (χ4n) is 2.07. The summed E-state index contributed by atoms with van der Waals surface area (Å²) >= 11 is 0. The normalized spacial score (nSPS) is 16.6. The number of hydrogen-bond donors (Lipinski definition) is 0. The SMILES string of the molecule is C/C=C(\C=C(/C1=NC(C(C)=O)=CC1)C(F)(F)F)c1ccoc1. The van der Waals surface area contributed by atoms with Gasteiger partial charge in [0.2, 0.25) is 0 Å². The van der Waals surface area contributed by atoms with Crippen LogP contribution in [0.25, 0.3) is 5.57 Å². The Labute approximate surface area is 125 Å². The average Bonchev–Trinajstić information content (AvgIpc) is 3.09. The highest BCUT2D eigenvalue weighted by atomic mass is 19.4. The lowest BCUT2D eigenvalue weighted by Crippen LogP contribution is -2.19. The topological polar surface area (TPSA) is 42.6 Å². The first-order chi connectivity index (χ1) is 10.3.